The van der Waals surface area contributed by atoms with Gasteiger partial charge in [0, 0.05) is 30.6 Å². The van der Waals surface area contributed by atoms with Gasteiger partial charge < -0.3 is 15.0 Å². The number of H-pyrrole nitrogens is 1. The molecule has 1 aromatic rings. The van der Waals surface area contributed by atoms with Crippen LogP contribution in [0.5, 0.6) is 0 Å². The second-order valence-corrected chi connectivity index (χ2v) is 4.21. The van der Waals surface area contributed by atoms with E-state index in [4.69, 9.17) is 4.74 Å². The Balaban J connectivity index is 2.01. The van der Waals surface area contributed by atoms with Gasteiger partial charge in [0.05, 0.1) is 0 Å². The molecule has 0 bridgehead atoms. The van der Waals surface area contributed by atoms with Crippen LogP contribution in [0.1, 0.15) is 25.5 Å². The molecule has 0 aromatic carbocycles. The first-order chi connectivity index (χ1) is 6.68. The predicted molar refractivity (Wildman–Crippen MR) is 55.4 cm³/mol. The summed E-state index contributed by atoms with van der Waals surface area (Å²) in [6.45, 7) is 5.89. The minimum Gasteiger partial charge on any atom is -0.381 e. The van der Waals surface area contributed by atoms with Crippen LogP contribution in [-0.4, -0.2) is 28.7 Å². The number of hydrogen-bond donors (Lipinski definition) is 2. The molecule has 0 spiro atoms. The van der Waals surface area contributed by atoms with Gasteiger partial charge in [-0.15, -0.1) is 0 Å². The first-order valence-electron chi connectivity index (χ1n) is 5.05. The van der Waals surface area contributed by atoms with Gasteiger partial charge in [-0.2, -0.15) is 0 Å². The highest BCUT2D eigenvalue weighted by molar-refractivity contribution is 5.30. The summed E-state index contributed by atoms with van der Waals surface area (Å²) in [5, 5.41) is 3.43. The molecule has 78 valence electrons. The molecule has 2 rings (SSSR count). The fraction of sp³-hybridized carbons (Fsp3) is 0.700. The Bertz CT molecular complexity index is 302. The number of aryl methyl sites for hydroxylation is 1. The van der Waals surface area contributed by atoms with E-state index >= 15 is 0 Å². The summed E-state index contributed by atoms with van der Waals surface area (Å²) in [5.74, 6) is 0.868. The molecule has 4 nitrogen and oxygen atoms in total. The molecule has 0 radical (unpaired) electrons. The number of imidazole rings is 1. The van der Waals surface area contributed by atoms with Crippen LogP contribution in [0.4, 0.5) is 5.95 Å². The molecule has 0 unspecified atom stereocenters. The summed E-state index contributed by atoms with van der Waals surface area (Å²) in [6.07, 6.45) is 3.91. The lowest BCUT2D eigenvalue weighted by Gasteiger charge is -2.34. The van der Waals surface area contributed by atoms with E-state index in [1.165, 1.54) is 0 Å². The van der Waals surface area contributed by atoms with E-state index in [-0.39, 0.29) is 5.54 Å². The van der Waals surface area contributed by atoms with E-state index in [9.17, 15) is 0 Å². The van der Waals surface area contributed by atoms with Gasteiger partial charge in [-0.05, 0) is 26.7 Å². The van der Waals surface area contributed by atoms with Crippen LogP contribution in [0.25, 0.3) is 0 Å². The molecule has 0 amide bonds. The van der Waals surface area contributed by atoms with E-state index in [1.54, 1.807) is 0 Å². The van der Waals surface area contributed by atoms with Crippen molar-refractivity contribution in [2.45, 2.75) is 32.2 Å². The molecule has 2 heterocycles. The van der Waals surface area contributed by atoms with Crippen LogP contribution in [-0.2, 0) is 4.74 Å². The number of anilines is 1. The molecule has 1 aliphatic rings. The summed E-state index contributed by atoms with van der Waals surface area (Å²) in [7, 11) is 0. The zero-order chi connectivity index (χ0) is 10.0. The van der Waals surface area contributed by atoms with Gasteiger partial charge in [-0.1, -0.05) is 0 Å². The number of aromatic amines is 1. The summed E-state index contributed by atoms with van der Waals surface area (Å²) >= 11 is 0. The van der Waals surface area contributed by atoms with Crippen molar-refractivity contribution in [2.75, 3.05) is 18.5 Å². The molecule has 0 aliphatic carbocycles. The van der Waals surface area contributed by atoms with Crippen LogP contribution < -0.4 is 5.32 Å². The average molecular weight is 195 g/mol. The van der Waals surface area contributed by atoms with Crippen LogP contribution in [0.2, 0.25) is 0 Å². The number of nitrogens with one attached hydrogen (secondary N) is 2. The van der Waals surface area contributed by atoms with Gasteiger partial charge in [0.25, 0.3) is 0 Å². The van der Waals surface area contributed by atoms with E-state index in [2.05, 4.69) is 22.2 Å². The maximum Gasteiger partial charge on any atom is 0.200 e. The van der Waals surface area contributed by atoms with Gasteiger partial charge in [0.1, 0.15) is 0 Å². The molecule has 0 atom stereocenters. The minimum atomic E-state index is 0.128. The van der Waals surface area contributed by atoms with Crippen molar-refractivity contribution in [3.63, 3.8) is 0 Å². The fourth-order valence-electron chi connectivity index (χ4n) is 1.71. The fourth-order valence-corrected chi connectivity index (χ4v) is 1.71. The highest BCUT2D eigenvalue weighted by Crippen LogP contribution is 2.23. The van der Waals surface area contributed by atoms with Crippen LogP contribution in [0, 0.1) is 6.92 Å². The average Bonchev–Trinajstić information content (AvgIpc) is 2.51. The Labute approximate surface area is 84.1 Å². The molecule has 1 aliphatic heterocycles. The molecule has 1 fully saturated rings. The van der Waals surface area contributed by atoms with Crippen LogP contribution in [0.15, 0.2) is 6.20 Å². The maximum atomic E-state index is 5.34. The second-order valence-electron chi connectivity index (χ2n) is 4.21. The summed E-state index contributed by atoms with van der Waals surface area (Å²) < 4.78 is 5.34. The number of rotatable bonds is 2. The smallest absolute Gasteiger partial charge is 0.200 e. The minimum absolute atomic E-state index is 0.128. The van der Waals surface area contributed by atoms with Crippen molar-refractivity contribution in [1.29, 1.82) is 0 Å². The Morgan fingerprint density at radius 1 is 1.50 bits per heavy atom. The Hall–Kier alpha value is -1.03. The molecular weight excluding hydrogens is 178 g/mol. The molecular formula is C10H17N3O. The quantitative estimate of drug-likeness (QED) is 0.755. The topological polar surface area (TPSA) is 49.9 Å². The highest BCUT2D eigenvalue weighted by Gasteiger charge is 2.27. The lowest BCUT2D eigenvalue weighted by Crippen LogP contribution is -2.40. The van der Waals surface area contributed by atoms with Gasteiger partial charge in [-0.3, -0.25) is 0 Å². The molecule has 1 aromatic heterocycles. The largest absolute Gasteiger partial charge is 0.381 e. The number of hydrogen-bond acceptors (Lipinski definition) is 3. The third-order valence-electron chi connectivity index (χ3n) is 2.72. The monoisotopic (exact) mass is 195 g/mol. The number of ether oxygens (including phenoxy) is 1. The standard InChI is InChI=1S/C10H17N3O/c1-8-7-11-9(12-8)13-10(2)3-5-14-6-4-10/h7H,3-6H2,1-2H3,(H2,11,12,13). The Morgan fingerprint density at radius 3 is 2.79 bits per heavy atom. The van der Waals surface area contributed by atoms with Crippen molar-refractivity contribution >= 4 is 5.95 Å². The maximum absolute atomic E-state index is 5.34. The third kappa shape index (κ3) is 2.07. The third-order valence-corrected chi connectivity index (χ3v) is 2.72. The zero-order valence-corrected chi connectivity index (χ0v) is 8.76. The molecule has 2 N–H and O–H groups in total. The Morgan fingerprint density at radius 2 is 2.21 bits per heavy atom. The Kier molecular flexibility index (Phi) is 2.46. The lowest BCUT2D eigenvalue weighted by molar-refractivity contribution is 0.0656. The van der Waals surface area contributed by atoms with Gasteiger partial charge >= 0.3 is 0 Å². The first-order valence-corrected chi connectivity index (χ1v) is 5.05. The van der Waals surface area contributed by atoms with Crippen molar-refractivity contribution in [2.24, 2.45) is 0 Å². The van der Waals surface area contributed by atoms with E-state index in [0.29, 0.717) is 0 Å². The van der Waals surface area contributed by atoms with Crippen molar-refractivity contribution in [1.82, 2.24) is 9.97 Å². The summed E-state index contributed by atoms with van der Waals surface area (Å²) in [6, 6.07) is 0. The SMILES string of the molecule is Cc1cnc(NC2(C)CCOCC2)[nH]1. The van der Waals surface area contributed by atoms with Gasteiger partial charge in [0.2, 0.25) is 5.95 Å². The van der Waals surface area contributed by atoms with Crippen molar-refractivity contribution in [3.05, 3.63) is 11.9 Å². The van der Waals surface area contributed by atoms with E-state index < -0.39 is 0 Å². The highest BCUT2D eigenvalue weighted by atomic mass is 16.5. The molecule has 4 heteroatoms. The molecule has 1 saturated heterocycles. The first kappa shape index (κ1) is 9.52. The number of aromatic nitrogens is 2. The van der Waals surface area contributed by atoms with Crippen molar-refractivity contribution in [3.8, 4) is 0 Å². The predicted octanol–water partition coefficient (Wildman–Crippen LogP) is 1.70. The molecule has 0 saturated carbocycles. The molecule has 14 heavy (non-hydrogen) atoms. The van der Waals surface area contributed by atoms with E-state index in [0.717, 1.165) is 37.7 Å². The van der Waals surface area contributed by atoms with Crippen LogP contribution in [0.3, 0.4) is 0 Å². The summed E-state index contributed by atoms with van der Waals surface area (Å²) in [5.41, 5.74) is 1.21. The van der Waals surface area contributed by atoms with Crippen LogP contribution >= 0.6 is 0 Å². The lowest BCUT2D eigenvalue weighted by atomic mass is 9.93. The van der Waals surface area contributed by atoms with E-state index in [1.807, 2.05) is 13.1 Å². The second kappa shape index (κ2) is 3.61. The van der Waals surface area contributed by atoms with Gasteiger partial charge in [-0.25, -0.2) is 4.98 Å². The van der Waals surface area contributed by atoms with Crippen molar-refractivity contribution < 1.29 is 4.74 Å². The van der Waals surface area contributed by atoms with Gasteiger partial charge in [0.15, 0.2) is 0 Å². The zero-order valence-electron chi connectivity index (χ0n) is 8.76. The number of nitrogens with zero attached hydrogens (tertiary/aromatic N) is 1. The normalized spacial score (nSPS) is 20.7. The summed E-state index contributed by atoms with van der Waals surface area (Å²) in [4.78, 5) is 7.43.